The molecule has 0 aliphatic carbocycles. The van der Waals surface area contributed by atoms with Gasteiger partial charge in [0, 0.05) is 0 Å². The smallest absolute Gasteiger partial charge is 0.338 e. The Kier molecular flexibility index (Phi) is 5.93. The van der Waals surface area contributed by atoms with Gasteiger partial charge in [-0.1, -0.05) is 42.5 Å². The van der Waals surface area contributed by atoms with Gasteiger partial charge in [-0.05, 0) is 29.7 Å². The first-order valence-electron chi connectivity index (χ1n) is 10.8. The first-order chi connectivity index (χ1) is 16.5. The largest absolute Gasteiger partial charge is 0.459 e. The van der Waals surface area contributed by atoms with Gasteiger partial charge in [0.1, 0.15) is 36.8 Å². The van der Waals surface area contributed by atoms with Crippen molar-refractivity contribution in [3.8, 4) is 0 Å². The molecule has 4 aromatic rings. The molecule has 4 N–H and O–H groups in total. The van der Waals surface area contributed by atoms with Crippen LogP contribution in [0.15, 0.2) is 67.3 Å². The molecule has 1 fully saturated rings. The number of aliphatic hydroxyl groups is 2. The van der Waals surface area contributed by atoms with Gasteiger partial charge in [-0.3, -0.25) is 4.57 Å². The fourth-order valence-electron chi connectivity index (χ4n) is 4.03. The summed E-state index contributed by atoms with van der Waals surface area (Å²) in [5, 5.41) is 21.0. The third-order valence-electron chi connectivity index (χ3n) is 5.79. The molecule has 0 saturated carbocycles. The van der Waals surface area contributed by atoms with E-state index >= 15 is 0 Å². The number of rotatable bonds is 6. The number of esters is 1. The summed E-state index contributed by atoms with van der Waals surface area (Å²) >= 11 is 0. The Morgan fingerprint density at radius 1 is 1.03 bits per heavy atom. The Balaban J connectivity index is 1.25. The Morgan fingerprint density at radius 3 is 2.65 bits per heavy atom. The number of fused-ring (bicyclic) bond motifs is 1. The second-order valence-corrected chi connectivity index (χ2v) is 8.09. The van der Waals surface area contributed by atoms with Crippen molar-refractivity contribution < 1.29 is 24.5 Å². The van der Waals surface area contributed by atoms with Crippen molar-refractivity contribution >= 4 is 23.0 Å². The van der Waals surface area contributed by atoms with E-state index in [9.17, 15) is 15.0 Å². The molecular weight excluding hydrogens is 438 g/mol. The van der Waals surface area contributed by atoms with Crippen LogP contribution in [0, 0.1) is 0 Å². The van der Waals surface area contributed by atoms with Crippen molar-refractivity contribution in [1.82, 2.24) is 19.5 Å². The maximum atomic E-state index is 12.6. The Hall–Kier alpha value is -3.86. The van der Waals surface area contributed by atoms with Crippen LogP contribution in [0.25, 0.3) is 11.2 Å². The fourth-order valence-corrected chi connectivity index (χ4v) is 4.03. The van der Waals surface area contributed by atoms with E-state index in [0.717, 1.165) is 11.1 Å². The van der Waals surface area contributed by atoms with E-state index in [1.54, 1.807) is 18.2 Å². The lowest BCUT2D eigenvalue weighted by Gasteiger charge is -2.16. The number of aromatic nitrogens is 4. The van der Waals surface area contributed by atoms with Crippen molar-refractivity contribution in [1.29, 1.82) is 0 Å². The van der Waals surface area contributed by atoms with Gasteiger partial charge in [0.05, 0.1) is 11.9 Å². The van der Waals surface area contributed by atoms with Crippen LogP contribution in [0.2, 0.25) is 0 Å². The van der Waals surface area contributed by atoms with Gasteiger partial charge in [-0.2, -0.15) is 0 Å². The molecule has 3 heterocycles. The van der Waals surface area contributed by atoms with E-state index < -0.39 is 30.5 Å². The van der Waals surface area contributed by atoms with E-state index in [0.29, 0.717) is 23.1 Å². The summed E-state index contributed by atoms with van der Waals surface area (Å²) in [4.78, 5) is 24.8. The van der Waals surface area contributed by atoms with Crippen LogP contribution >= 0.6 is 0 Å². The van der Waals surface area contributed by atoms with E-state index in [-0.39, 0.29) is 12.4 Å². The standard InChI is InChI=1S/C24H23N5O5/c25-21-18-22(27-12-26-21)29(13-28-18)23-20(31)19(30)17(34-23)11-33-24(32)16-8-4-7-15(10-16)9-14-5-2-1-3-6-14/h1-8,10,12-13,17,19-20,23,30-31H,9,11H2,(H2,25,26,27)/t17-,19-,20-,23-/m1/s1. The van der Waals surface area contributed by atoms with E-state index in [2.05, 4.69) is 15.0 Å². The van der Waals surface area contributed by atoms with Crippen LogP contribution in [0.5, 0.6) is 0 Å². The number of carbonyl (C=O) groups excluding carboxylic acids is 1. The minimum absolute atomic E-state index is 0.191. The SMILES string of the molecule is Nc1ncnc2c1ncn2[C@@H]1O[C@H](COC(=O)c2cccc(Cc3ccccc3)c2)[C@@H](O)[C@H]1O. The molecule has 34 heavy (non-hydrogen) atoms. The van der Waals surface area contributed by atoms with Crippen LogP contribution in [0.4, 0.5) is 5.82 Å². The number of anilines is 1. The van der Waals surface area contributed by atoms with E-state index in [1.165, 1.54) is 17.2 Å². The maximum Gasteiger partial charge on any atom is 0.338 e. The van der Waals surface area contributed by atoms with Gasteiger partial charge in [0.15, 0.2) is 17.7 Å². The Labute approximate surface area is 194 Å². The van der Waals surface area contributed by atoms with Crippen molar-refractivity contribution in [3.05, 3.63) is 83.9 Å². The number of ether oxygens (including phenoxy) is 2. The highest BCUT2D eigenvalue weighted by atomic mass is 16.6. The quantitative estimate of drug-likeness (QED) is 0.363. The Morgan fingerprint density at radius 2 is 1.82 bits per heavy atom. The minimum atomic E-state index is -1.29. The van der Waals surface area contributed by atoms with Crippen molar-refractivity contribution in [2.75, 3.05) is 12.3 Å². The zero-order valence-corrected chi connectivity index (χ0v) is 18.1. The number of aliphatic hydroxyl groups excluding tert-OH is 2. The first-order valence-corrected chi connectivity index (χ1v) is 10.8. The monoisotopic (exact) mass is 461 g/mol. The predicted octanol–water partition coefficient (Wildman–Crippen LogP) is 1.48. The van der Waals surface area contributed by atoms with Gasteiger partial charge < -0.3 is 25.4 Å². The second-order valence-electron chi connectivity index (χ2n) is 8.09. The van der Waals surface area contributed by atoms with Crippen molar-refractivity contribution in [2.45, 2.75) is 31.0 Å². The summed E-state index contributed by atoms with van der Waals surface area (Å²) in [7, 11) is 0. The molecule has 174 valence electrons. The van der Waals surface area contributed by atoms with Gasteiger partial charge in [-0.25, -0.2) is 19.7 Å². The highest BCUT2D eigenvalue weighted by Gasteiger charge is 2.45. The third-order valence-corrected chi connectivity index (χ3v) is 5.79. The molecule has 10 nitrogen and oxygen atoms in total. The molecule has 1 aliphatic heterocycles. The number of hydrogen-bond donors (Lipinski definition) is 3. The highest BCUT2D eigenvalue weighted by molar-refractivity contribution is 5.89. The van der Waals surface area contributed by atoms with Gasteiger partial charge in [0.2, 0.25) is 0 Å². The van der Waals surface area contributed by atoms with E-state index in [4.69, 9.17) is 15.2 Å². The molecule has 0 amide bonds. The lowest BCUT2D eigenvalue weighted by atomic mass is 10.0. The molecular formula is C24H23N5O5. The third kappa shape index (κ3) is 4.21. The van der Waals surface area contributed by atoms with Crippen LogP contribution < -0.4 is 5.73 Å². The number of nitrogens with zero attached hydrogens (tertiary/aromatic N) is 4. The summed E-state index contributed by atoms with van der Waals surface area (Å²) in [6.07, 6.45) is -1.11. The highest BCUT2D eigenvalue weighted by Crippen LogP contribution is 2.32. The molecule has 1 saturated heterocycles. The topological polar surface area (TPSA) is 146 Å². The summed E-state index contributed by atoms with van der Waals surface area (Å²) in [6, 6.07) is 17.1. The molecule has 1 aliphatic rings. The summed E-state index contributed by atoms with van der Waals surface area (Å²) in [5.41, 5.74) is 9.03. The van der Waals surface area contributed by atoms with Crippen LogP contribution in [0.1, 0.15) is 27.7 Å². The van der Waals surface area contributed by atoms with Crippen LogP contribution in [-0.2, 0) is 15.9 Å². The molecule has 2 aromatic carbocycles. The molecule has 2 aromatic heterocycles. The van der Waals surface area contributed by atoms with Gasteiger partial charge in [-0.15, -0.1) is 0 Å². The number of benzene rings is 2. The summed E-state index contributed by atoms with van der Waals surface area (Å²) < 4.78 is 12.7. The van der Waals surface area contributed by atoms with Gasteiger partial charge in [0.25, 0.3) is 0 Å². The normalized spacial score (nSPS) is 22.2. The lowest BCUT2D eigenvalue weighted by molar-refractivity contribution is -0.0565. The molecule has 0 bridgehead atoms. The molecule has 4 atom stereocenters. The number of hydrogen-bond acceptors (Lipinski definition) is 9. The van der Waals surface area contributed by atoms with Crippen LogP contribution in [0.3, 0.4) is 0 Å². The van der Waals surface area contributed by atoms with Crippen LogP contribution in [-0.4, -0.2) is 60.6 Å². The summed E-state index contributed by atoms with van der Waals surface area (Å²) in [5.74, 6) is -0.353. The zero-order chi connectivity index (χ0) is 23.7. The number of carbonyl (C=O) groups is 1. The number of nitrogen functional groups attached to an aromatic ring is 1. The van der Waals surface area contributed by atoms with Crippen molar-refractivity contribution in [2.24, 2.45) is 0 Å². The predicted molar refractivity (Wildman–Crippen MR) is 122 cm³/mol. The molecule has 10 heteroatoms. The number of imidazole rings is 1. The zero-order valence-electron chi connectivity index (χ0n) is 18.1. The second kappa shape index (κ2) is 9.18. The first kappa shape index (κ1) is 22.0. The average Bonchev–Trinajstić information content (AvgIpc) is 3.40. The molecule has 0 spiro atoms. The van der Waals surface area contributed by atoms with Gasteiger partial charge >= 0.3 is 5.97 Å². The Bertz CT molecular complexity index is 1310. The fraction of sp³-hybridized carbons (Fsp3) is 0.250. The minimum Gasteiger partial charge on any atom is -0.459 e. The number of nitrogens with two attached hydrogens (primary N) is 1. The van der Waals surface area contributed by atoms with E-state index in [1.807, 2.05) is 36.4 Å². The van der Waals surface area contributed by atoms with Crippen molar-refractivity contribution in [3.63, 3.8) is 0 Å². The lowest BCUT2D eigenvalue weighted by Crippen LogP contribution is -2.34. The molecule has 5 rings (SSSR count). The summed E-state index contributed by atoms with van der Waals surface area (Å²) in [6.45, 7) is -0.236. The maximum absolute atomic E-state index is 12.6. The average molecular weight is 461 g/mol. The molecule has 0 unspecified atom stereocenters. The molecule has 0 radical (unpaired) electrons.